The molecule has 0 aromatic heterocycles. The van der Waals surface area contributed by atoms with E-state index in [1.165, 1.54) is 25.9 Å². The summed E-state index contributed by atoms with van der Waals surface area (Å²) < 4.78 is 0. The Morgan fingerprint density at radius 1 is 1.47 bits per heavy atom. The van der Waals surface area contributed by atoms with Crippen LogP contribution in [0.2, 0.25) is 0 Å². The second-order valence-corrected chi connectivity index (χ2v) is 4.36. The first-order valence-corrected chi connectivity index (χ1v) is 5.84. The van der Waals surface area contributed by atoms with Gasteiger partial charge in [0.05, 0.1) is 0 Å². The van der Waals surface area contributed by atoms with Crippen molar-refractivity contribution in [3.8, 4) is 0 Å². The average molecular weight is 213 g/mol. The zero-order valence-corrected chi connectivity index (χ0v) is 9.91. The number of hydrogen-bond donors (Lipinski definition) is 1. The van der Waals surface area contributed by atoms with E-state index in [-0.39, 0.29) is 5.91 Å². The molecule has 4 heteroatoms. The average Bonchev–Trinajstić information content (AvgIpc) is 2.26. The predicted octanol–water partition coefficient (Wildman–Crippen LogP) is 0.278. The molecule has 4 nitrogen and oxygen atoms in total. The number of primary amides is 1. The van der Waals surface area contributed by atoms with E-state index in [2.05, 4.69) is 23.8 Å². The maximum atomic E-state index is 10.7. The molecule has 0 aromatic carbocycles. The number of nitrogens with two attached hydrogens (primary N) is 1. The zero-order valence-electron chi connectivity index (χ0n) is 9.91. The number of piperidine rings is 1. The Labute approximate surface area is 92.4 Å². The molecule has 88 valence electrons. The molecule has 1 saturated heterocycles. The third-order valence-corrected chi connectivity index (χ3v) is 3.34. The van der Waals surface area contributed by atoms with Gasteiger partial charge in [-0.25, -0.2) is 0 Å². The number of nitrogens with zero attached hydrogens (tertiary/aromatic N) is 2. The lowest BCUT2D eigenvalue weighted by Gasteiger charge is -2.36. The van der Waals surface area contributed by atoms with Crippen molar-refractivity contribution in [2.24, 2.45) is 5.73 Å². The molecule has 15 heavy (non-hydrogen) atoms. The van der Waals surface area contributed by atoms with Gasteiger partial charge in [0.2, 0.25) is 5.91 Å². The molecule has 2 N–H and O–H groups in total. The van der Waals surface area contributed by atoms with Gasteiger partial charge in [-0.2, -0.15) is 0 Å². The van der Waals surface area contributed by atoms with Gasteiger partial charge in [-0.15, -0.1) is 0 Å². The van der Waals surface area contributed by atoms with Crippen molar-refractivity contribution in [2.75, 3.05) is 33.2 Å². The van der Waals surface area contributed by atoms with Crippen LogP contribution in [0.15, 0.2) is 0 Å². The summed E-state index contributed by atoms with van der Waals surface area (Å²) in [7, 11) is 2.09. The van der Waals surface area contributed by atoms with Crippen LogP contribution in [0.4, 0.5) is 0 Å². The van der Waals surface area contributed by atoms with Crippen LogP contribution in [0, 0.1) is 0 Å². The minimum absolute atomic E-state index is 0.201. The molecule has 1 aliphatic heterocycles. The van der Waals surface area contributed by atoms with Crippen molar-refractivity contribution in [3.05, 3.63) is 0 Å². The Kier molecular flexibility index (Phi) is 5.05. The highest BCUT2D eigenvalue weighted by Gasteiger charge is 2.21. The minimum Gasteiger partial charge on any atom is -0.370 e. The number of carbonyl (C=O) groups excluding carboxylic acids is 1. The highest BCUT2D eigenvalue weighted by molar-refractivity contribution is 5.73. The summed E-state index contributed by atoms with van der Waals surface area (Å²) in [5.74, 6) is -0.201. The smallest absolute Gasteiger partial charge is 0.218 e. The van der Waals surface area contributed by atoms with Gasteiger partial charge >= 0.3 is 0 Å². The van der Waals surface area contributed by atoms with Crippen molar-refractivity contribution >= 4 is 5.91 Å². The van der Waals surface area contributed by atoms with Gasteiger partial charge in [0, 0.05) is 19.0 Å². The minimum atomic E-state index is -0.201. The molecule has 1 heterocycles. The van der Waals surface area contributed by atoms with E-state index in [0.29, 0.717) is 12.5 Å². The second kappa shape index (κ2) is 6.08. The van der Waals surface area contributed by atoms with E-state index in [1.807, 2.05) is 0 Å². The van der Waals surface area contributed by atoms with Gasteiger partial charge in [-0.05, 0) is 39.5 Å². The molecule has 1 aliphatic rings. The van der Waals surface area contributed by atoms with E-state index in [9.17, 15) is 4.79 Å². The lowest BCUT2D eigenvalue weighted by molar-refractivity contribution is -0.118. The van der Waals surface area contributed by atoms with Crippen LogP contribution in [0.25, 0.3) is 0 Å². The normalized spacial score (nSPS) is 19.7. The van der Waals surface area contributed by atoms with Crippen molar-refractivity contribution in [1.82, 2.24) is 9.80 Å². The summed E-state index contributed by atoms with van der Waals surface area (Å²) in [6, 6.07) is 0.632. The highest BCUT2D eigenvalue weighted by Crippen LogP contribution is 2.14. The molecule has 0 spiro atoms. The fourth-order valence-electron chi connectivity index (χ4n) is 2.15. The summed E-state index contributed by atoms with van der Waals surface area (Å²) in [6.45, 7) is 6.52. The van der Waals surface area contributed by atoms with Crippen LogP contribution in [-0.2, 0) is 4.79 Å². The number of rotatable bonds is 5. The monoisotopic (exact) mass is 213 g/mol. The summed E-state index contributed by atoms with van der Waals surface area (Å²) in [6.07, 6.45) is 2.90. The standard InChI is InChI=1S/C11H23N3O/c1-3-14-8-4-10(5-9-14)13(2)7-6-11(12)15/h10H,3-9H2,1-2H3,(H2,12,15). The molecule has 0 atom stereocenters. The molecular formula is C11H23N3O. The number of amides is 1. The van der Waals surface area contributed by atoms with Crippen molar-refractivity contribution in [2.45, 2.75) is 32.2 Å². The largest absolute Gasteiger partial charge is 0.370 e. The first-order chi connectivity index (χ1) is 7.13. The van der Waals surface area contributed by atoms with Crippen LogP contribution in [0.5, 0.6) is 0 Å². The van der Waals surface area contributed by atoms with E-state index in [0.717, 1.165) is 13.1 Å². The van der Waals surface area contributed by atoms with Gasteiger partial charge in [0.25, 0.3) is 0 Å². The molecule has 0 saturated carbocycles. The first-order valence-electron chi connectivity index (χ1n) is 5.84. The van der Waals surface area contributed by atoms with Crippen molar-refractivity contribution in [3.63, 3.8) is 0 Å². The lowest BCUT2D eigenvalue weighted by Crippen LogP contribution is -2.44. The molecule has 1 fully saturated rings. The summed E-state index contributed by atoms with van der Waals surface area (Å²) in [5, 5.41) is 0. The van der Waals surface area contributed by atoms with E-state index in [4.69, 9.17) is 5.73 Å². The summed E-state index contributed by atoms with van der Waals surface area (Å²) in [4.78, 5) is 15.4. The van der Waals surface area contributed by atoms with Crippen LogP contribution >= 0.6 is 0 Å². The molecule has 0 radical (unpaired) electrons. The first kappa shape index (κ1) is 12.5. The Morgan fingerprint density at radius 3 is 2.53 bits per heavy atom. The van der Waals surface area contributed by atoms with E-state index < -0.39 is 0 Å². The number of likely N-dealkylation sites (tertiary alicyclic amines) is 1. The Balaban J connectivity index is 2.23. The van der Waals surface area contributed by atoms with Crippen molar-refractivity contribution in [1.29, 1.82) is 0 Å². The highest BCUT2D eigenvalue weighted by atomic mass is 16.1. The van der Waals surface area contributed by atoms with Crippen molar-refractivity contribution < 1.29 is 4.79 Å². The molecule has 0 aromatic rings. The van der Waals surface area contributed by atoms with Gasteiger partial charge in [0.15, 0.2) is 0 Å². The maximum absolute atomic E-state index is 10.7. The van der Waals surface area contributed by atoms with Crippen LogP contribution in [0.3, 0.4) is 0 Å². The van der Waals surface area contributed by atoms with Gasteiger partial charge < -0.3 is 15.5 Å². The SMILES string of the molecule is CCN1CCC(N(C)CCC(N)=O)CC1. The Morgan fingerprint density at radius 2 is 2.07 bits per heavy atom. The lowest BCUT2D eigenvalue weighted by atomic mass is 10.0. The van der Waals surface area contributed by atoms with Gasteiger partial charge in [0.1, 0.15) is 0 Å². The van der Waals surface area contributed by atoms with Gasteiger partial charge in [-0.3, -0.25) is 4.79 Å². The number of hydrogen-bond acceptors (Lipinski definition) is 3. The van der Waals surface area contributed by atoms with Crippen LogP contribution in [0.1, 0.15) is 26.2 Å². The molecular weight excluding hydrogens is 190 g/mol. The fourth-order valence-corrected chi connectivity index (χ4v) is 2.15. The maximum Gasteiger partial charge on any atom is 0.218 e. The quantitative estimate of drug-likeness (QED) is 0.713. The predicted molar refractivity (Wildman–Crippen MR) is 61.6 cm³/mol. The van der Waals surface area contributed by atoms with E-state index in [1.54, 1.807) is 0 Å². The molecule has 0 aliphatic carbocycles. The van der Waals surface area contributed by atoms with Gasteiger partial charge in [-0.1, -0.05) is 6.92 Å². The molecule has 1 rings (SSSR count). The molecule has 0 unspecified atom stereocenters. The summed E-state index contributed by atoms with van der Waals surface area (Å²) >= 11 is 0. The Bertz CT molecular complexity index is 200. The fraction of sp³-hybridized carbons (Fsp3) is 0.909. The zero-order chi connectivity index (χ0) is 11.3. The van der Waals surface area contributed by atoms with Crippen LogP contribution < -0.4 is 5.73 Å². The Hall–Kier alpha value is -0.610. The molecule has 1 amide bonds. The third kappa shape index (κ3) is 4.18. The second-order valence-electron chi connectivity index (χ2n) is 4.36. The van der Waals surface area contributed by atoms with E-state index >= 15 is 0 Å². The third-order valence-electron chi connectivity index (χ3n) is 3.34. The molecule has 0 bridgehead atoms. The topological polar surface area (TPSA) is 49.6 Å². The number of carbonyl (C=O) groups is 1. The van der Waals surface area contributed by atoms with Crippen LogP contribution in [-0.4, -0.2) is 55.0 Å². The summed E-state index contributed by atoms with van der Waals surface area (Å²) in [5.41, 5.74) is 5.14.